The first-order valence-electron chi connectivity index (χ1n) is 8.40. The van der Waals surface area contributed by atoms with Crippen molar-refractivity contribution < 1.29 is 9.90 Å². The summed E-state index contributed by atoms with van der Waals surface area (Å²) in [6, 6.07) is 17.1. The van der Waals surface area contributed by atoms with E-state index in [1.165, 1.54) is 0 Å². The van der Waals surface area contributed by atoms with Crippen LogP contribution < -0.4 is 5.32 Å². The van der Waals surface area contributed by atoms with Gasteiger partial charge in [-0.15, -0.1) is 0 Å². The molecule has 1 aromatic heterocycles. The lowest BCUT2D eigenvalue weighted by Crippen LogP contribution is -2.28. The Labute approximate surface area is 147 Å². The topological polar surface area (TPSA) is 57.5 Å². The van der Waals surface area contributed by atoms with Crippen molar-refractivity contribution in [1.29, 1.82) is 0 Å². The first-order valence-corrected chi connectivity index (χ1v) is 8.40. The summed E-state index contributed by atoms with van der Waals surface area (Å²) in [5, 5.41) is 14.2. The minimum atomic E-state index is -0.267. The molecule has 0 aliphatic heterocycles. The van der Waals surface area contributed by atoms with Crippen LogP contribution in [0, 0.1) is 0 Å². The van der Waals surface area contributed by atoms with Crippen LogP contribution in [-0.4, -0.2) is 47.7 Å². The third-order valence-electron chi connectivity index (χ3n) is 4.15. The Bertz CT molecular complexity index is 869. The number of fused-ring (bicyclic) bond motifs is 1. The minimum Gasteiger partial charge on any atom is -0.505 e. The molecule has 0 radical (unpaired) electrons. The van der Waals surface area contributed by atoms with Crippen LogP contribution in [0.5, 0.6) is 5.75 Å². The number of para-hydroxylation sites is 2. The molecule has 0 atom stereocenters. The van der Waals surface area contributed by atoms with Crippen molar-refractivity contribution in [2.45, 2.75) is 6.42 Å². The number of rotatable bonds is 6. The number of nitrogens with zero attached hydrogens (tertiary/aromatic N) is 2. The summed E-state index contributed by atoms with van der Waals surface area (Å²) in [6.07, 6.45) is 0.852. The second kappa shape index (κ2) is 7.40. The molecule has 5 nitrogen and oxygen atoms in total. The van der Waals surface area contributed by atoms with Crippen molar-refractivity contribution in [3.8, 4) is 11.4 Å². The van der Waals surface area contributed by atoms with Crippen LogP contribution in [0.2, 0.25) is 0 Å². The van der Waals surface area contributed by atoms with Gasteiger partial charge in [-0.25, -0.2) is 0 Å². The van der Waals surface area contributed by atoms with Gasteiger partial charge in [-0.05, 0) is 51.3 Å². The van der Waals surface area contributed by atoms with Crippen LogP contribution in [0.1, 0.15) is 16.9 Å². The molecular weight excluding hydrogens is 314 g/mol. The van der Waals surface area contributed by atoms with Crippen LogP contribution in [-0.2, 0) is 0 Å². The quantitative estimate of drug-likeness (QED) is 0.680. The maximum absolute atomic E-state index is 12.8. The van der Waals surface area contributed by atoms with Crippen molar-refractivity contribution in [2.24, 2.45) is 0 Å². The predicted octanol–water partition coefficient (Wildman–Crippen LogP) is 3.02. The fourth-order valence-corrected chi connectivity index (χ4v) is 2.96. The van der Waals surface area contributed by atoms with Crippen molar-refractivity contribution in [1.82, 2.24) is 14.8 Å². The van der Waals surface area contributed by atoms with Gasteiger partial charge in [0.25, 0.3) is 5.91 Å². The van der Waals surface area contributed by atoms with E-state index >= 15 is 0 Å². The van der Waals surface area contributed by atoms with Crippen LogP contribution >= 0.6 is 0 Å². The summed E-state index contributed by atoms with van der Waals surface area (Å²) in [5.74, 6) is -0.249. The van der Waals surface area contributed by atoms with Crippen molar-refractivity contribution in [3.63, 3.8) is 0 Å². The third-order valence-corrected chi connectivity index (χ3v) is 4.15. The van der Waals surface area contributed by atoms with Gasteiger partial charge < -0.3 is 19.9 Å². The van der Waals surface area contributed by atoms with E-state index in [-0.39, 0.29) is 17.4 Å². The Balaban J connectivity index is 1.99. The van der Waals surface area contributed by atoms with E-state index in [9.17, 15) is 9.90 Å². The van der Waals surface area contributed by atoms with E-state index in [1.807, 2.05) is 73.3 Å². The second-order valence-electron chi connectivity index (χ2n) is 6.30. The number of aromatic hydroxyl groups is 1. The molecule has 0 fully saturated rings. The molecule has 0 saturated heterocycles. The highest BCUT2D eigenvalue weighted by Crippen LogP contribution is 2.34. The Morgan fingerprint density at radius 1 is 1.08 bits per heavy atom. The van der Waals surface area contributed by atoms with Crippen molar-refractivity contribution in [3.05, 3.63) is 60.3 Å². The number of aromatic nitrogens is 1. The molecule has 3 rings (SSSR count). The van der Waals surface area contributed by atoms with Gasteiger partial charge in [0, 0.05) is 17.6 Å². The lowest BCUT2D eigenvalue weighted by Gasteiger charge is -2.12. The monoisotopic (exact) mass is 337 g/mol. The van der Waals surface area contributed by atoms with E-state index < -0.39 is 0 Å². The van der Waals surface area contributed by atoms with Crippen molar-refractivity contribution in [2.75, 3.05) is 27.2 Å². The normalized spacial score (nSPS) is 11.2. The third kappa shape index (κ3) is 3.51. The van der Waals surface area contributed by atoms with Crippen LogP contribution in [0.4, 0.5) is 0 Å². The Hall–Kier alpha value is -2.79. The smallest absolute Gasteiger partial charge is 0.272 e. The molecule has 0 unspecified atom stereocenters. The minimum absolute atomic E-state index is 0.0181. The van der Waals surface area contributed by atoms with Crippen LogP contribution in [0.25, 0.3) is 16.6 Å². The lowest BCUT2D eigenvalue weighted by molar-refractivity contribution is 0.0943. The van der Waals surface area contributed by atoms with E-state index in [1.54, 1.807) is 0 Å². The first kappa shape index (κ1) is 17.0. The number of benzene rings is 2. The predicted molar refractivity (Wildman–Crippen MR) is 100 cm³/mol. The molecule has 5 heteroatoms. The largest absolute Gasteiger partial charge is 0.505 e. The maximum atomic E-state index is 12.8. The Kier molecular flexibility index (Phi) is 5.05. The first-order chi connectivity index (χ1) is 12.1. The van der Waals surface area contributed by atoms with Gasteiger partial charge in [-0.2, -0.15) is 0 Å². The fraction of sp³-hybridized carbons (Fsp3) is 0.250. The highest BCUT2D eigenvalue weighted by Gasteiger charge is 2.23. The van der Waals surface area contributed by atoms with E-state index in [4.69, 9.17) is 0 Å². The van der Waals surface area contributed by atoms with Crippen LogP contribution in [0.15, 0.2) is 54.6 Å². The van der Waals surface area contributed by atoms with E-state index in [0.29, 0.717) is 11.9 Å². The molecule has 2 aromatic carbocycles. The fourth-order valence-electron chi connectivity index (χ4n) is 2.96. The lowest BCUT2D eigenvalue weighted by atomic mass is 10.2. The summed E-state index contributed by atoms with van der Waals surface area (Å²) in [6.45, 7) is 1.46. The maximum Gasteiger partial charge on any atom is 0.272 e. The van der Waals surface area contributed by atoms with Gasteiger partial charge in [0.2, 0.25) is 0 Å². The summed E-state index contributed by atoms with van der Waals surface area (Å²) >= 11 is 0. The molecule has 0 bridgehead atoms. The van der Waals surface area contributed by atoms with Gasteiger partial charge in [0.05, 0.1) is 5.52 Å². The van der Waals surface area contributed by atoms with Gasteiger partial charge in [-0.3, -0.25) is 4.79 Å². The average molecular weight is 337 g/mol. The van der Waals surface area contributed by atoms with Gasteiger partial charge in [0.15, 0.2) is 11.4 Å². The SMILES string of the molecule is CN(C)CCCNC(=O)c1c(O)c2ccccc2n1-c1ccccc1. The summed E-state index contributed by atoms with van der Waals surface area (Å²) < 4.78 is 1.81. The van der Waals surface area contributed by atoms with E-state index in [2.05, 4.69) is 10.2 Å². The standard InChI is InChI=1S/C20H23N3O2/c1-22(2)14-8-13-21-20(25)18-19(24)16-11-6-7-12-17(16)23(18)15-9-4-3-5-10-15/h3-7,9-12,24H,8,13-14H2,1-2H3,(H,21,25). The number of carbonyl (C=O) groups is 1. The van der Waals surface area contributed by atoms with Gasteiger partial charge in [-0.1, -0.05) is 30.3 Å². The molecule has 0 spiro atoms. The summed E-state index contributed by atoms with van der Waals surface area (Å²) in [4.78, 5) is 14.8. The molecule has 1 amide bonds. The number of amides is 1. The molecule has 0 aliphatic carbocycles. The van der Waals surface area contributed by atoms with Gasteiger partial charge >= 0.3 is 0 Å². The Morgan fingerprint density at radius 3 is 2.48 bits per heavy atom. The molecule has 1 heterocycles. The highest BCUT2D eigenvalue weighted by atomic mass is 16.3. The zero-order valence-electron chi connectivity index (χ0n) is 14.6. The van der Waals surface area contributed by atoms with Crippen molar-refractivity contribution >= 4 is 16.8 Å². The zero-order valence-corrected chi connectivity index (χ0v) is 14.6. The molecule has 2 N–H and O–H groups in total. The number of carbonyl (C=O) groups excluding carboxylic acids is 1. The molecule has 25 heavy (non-hydrogen) atoms. The highest BCUT2D eigenvalue weighted by molar-refractivity contribution is 6.05. The molecule has 0 saturated carbocycles. The number of hydrogen-bond acceptors (Lipinski definition) is 3. The van der Waals surface area contributed by atoms with Crippen LogP contribution in [0.3, 0.4) is 0 Å². The summed E-state index contributed by atoms with van der Waals surface area (Å²) in [5.41, 5.74) is 1.93. The van der Waals surface area contributed by atoms with E-state index in [0.717, 1.165) is 24.2 Å². The Morgan fingerprint density at radius 2 is 1.76 bits per heavy atom. The molecular formula is C20H23N3O2. The molecule has 130 valence electrons. The summed E-state index contributed by atoms with van der Waals surface area (Å²) in [7, 11) is 4.00. The number of nitrogens with one attached hydrogen (secondary N) is 1. The zero-order chi connectivity index (χ0) is 17.8. The molecule has 0 aliphatic rings. The second-order valence-corrected chi connectivity index (χ2v) is 6.30. The van der Waals surface area contributed by atoms with Gasteiger partial charge in [0.1, 0.15) is 0 Å². The number of hydrogen-bond donors (Lipinski definition) is 2. The average Bonchev–Trinajstić information content (AvgIpc) is 2.92. The molecule has 3 aromatic rings.